The Kier molecular flexibility index (Phi) is 34.8. The lowest BCUT2D eigenvalue weighted by Gasteiger charge is -2.18. The van der Waals surface area contributed by atoms with Gasteiger partial charge in [0.15, 0.2) is 37.7 Å². The lowest BCUT2D eigenvalue weighted by Crippen LogP contribution is -2.07. The summed E-state index contributed by atoms with van der Waals surface area (Å²) in [6.07, 6.45) is 12.8. The Balaban J connectivity index is 0.000000197. The number of aromatic nitrogens is 6. The van der Waals surface area contributed by atoms with Crippen molar-refractivity contribution < 1.29 is 85.6 Å². The number of hydrogen-bond donors (Lipinski definition) is 0. The van der Waals surface area contributed by atoms with E-state index in [1.165, 1.54) is 116 Å². The third-order valence-electron chi connectivity index (χ3n) is 23.0. The van der Waals surface area contributed by atoms with Crippen LogP contribution >= 0.6 is 116 Å². The summed E-state index contributed by atoms with van der Waals surface area (Å²) in [4.78, 5) is 93.8. The number of fused-ring (bicyclic) bond motifs is 6. The second-order valence-electron chi connectivity index (χ2n) is 29.7. The number of pyridine rings is 6. The third kappa shape index (κ3) is 20.5. The highest BCUT2D eigenvalue weighted by atomic mass is 35.5. The minimum absolute atomic E-state index is 0. The summed E-state index contributed by atoms with van der Waals surface area (Å²) in [5.41, 5.74) is 23.2. The Morgan fingerprint density at radius 2 is 0.426 bits per heavy atom. The summed E-state index contributed by atoms with van der Waals surface area (Å²) in [7, 11) is 8.80. The van der Waals surface area contributed by atoms with Crippen molar-refractivity contribution >= 4 is 153 Å². The molecule has 0 fully saturated rings. The first-order valence-electron chi connectivity index (χ1n) is 39.9. The van der Waals surface area contributed by atoms with Gasteiger partial charge in [0, 0.05) is 18.2 Å². The van der Waals surface area contributed by atoms with Crippen LogP contribution in [-0.2, 0) is 38.5 Å². The van der Waals surface area contributed by atoms with Crippen LogP contribution in [0.25, 0.3) is 33.4 Å². The number of halogens is 3. The van der Waals surface area contributed by atoms with Gasteiger partial charge in [-0.25, -0.2) is 0 Å². The summed E-state index contributed by atoms with van der Waals surface area (Å²) in [5, 5.41) is 0.766. The summed E-state index contributed by atoms with van der Waals surface area (Å²) in [6, 6.07) is 52.4. The molecule has 0 radical (unpaired) electrons. The molecule has 129 heavy (non-hydrogen) atoms. The molecule has 12 aromatic rings. The minimum atomic E-state index is -0.248. The topological polar surface area (TPSA) is 291 Å². The number of nitrogens with zero attached hydrogens (tertiary/aromatic N) is 6. The smallest absolute Gasteiger partial charge is 0.236 e. The maximum absolute atomic E-state index is 11.3. The van der Waals surface area contributed by atoms with Gasteiger partial charge >= 0.3 is 0 Å². The van der Waals surface area contributed by atoms with Gasteiger partial charge in [-0.3, -0.25) is 28.8 Å². The quantitative estimate of drug-likeness (QED) is 0.0432. The van der Waals surface area contributed by atoms with Crippen LogP contribution < -0.4 is 56.8 Å². The van der Waals surface area contributed by atoms with Crippen molar-refractivity contribution in [1.82, 2.24) is 29.9 Å². The largest absolute Gasteiger partial charge is 0.480 e. The first-order chi connectivity index (χ1) is 60.1. The Morgan fingerprint density at radius 3 is 0.612 bits per heavy atom. The van der Waals surface area contributed by atoms with E-state index in [1.807, 2.05) is 18.2 Å². The summed E-state index contributed by atoms with van der Waals surface area (Å²) >= 11 is 19.2. The Morgan fingerprint density at radius 1 is 0.240 bits per heavy atom. The molecule has 0 saturated heterocycles. The first-order valence-corrected chi connectivity index (χ1v) is 41.1. The number of ether oxygens (including phenoxy) is 12. The van der Waals surface area contributed by atoms with E-state index in [9.17, 15) is 28.8 Å². The van der Waals surface area contributed by atoms with E-state index in [1.54, 1.807) is 36.4 Å². The van der Waals surface area contributed by atoms with Crippen LogP contribution in [0.1, 0.15) is 204 Å². The number of methoxy groups -OCH3 is 6. The molecular weight excluding hydrogens is 1820 g/mol. The fourth-order valence-electron chi connectivity index (χ4n) is 17.4. The van der Waals surface area contributed by atoms with E-state index in [4.69, 9.17) is 91.6 Å². The molecule has 6 aromatic carbocycles. The van der Waals surface area contributed by atoms with Gasteiger partial charge in [0.25, 0.3) is 0 Å². The van der Waals surface area contributed by atoms with Gasteiger partial charge in [-0.15, -0.1) is 0 Å². The third-order valence-corrected chi connectivity index (χ3v) is 23.9. The highest BCUT2D eigenvalue weighted by Crippen LogP contribution is 2.51. The number of aldehydes is 6. The molecule has 0 aliphatic heterocycles. The van der Waals surface area contributed by atoms with Gasteiger partial charge in [-0.2, -0.15) is 111 Å². The fraction of sp³-hybridized carbons (Fsp3) is 0.250. The van der Waals surface area contributed by atoms with E-state index < -0.39 is 0 Å². The lowest BCUT2D eigenvalue weighted by atomic mass is 9.91. The van der Waals surface area contributed by atoms with Crippen LogP contribution in [0.15, 0.2) is 164 Å². The molecule has 0 spiro atoms. The highest BCUT2D eigenvalue weighted by molar-refractivity contribution is 7.60. The Labute approximate surface area is 802 Å². The molecule has 6 aromatic heterocycles. The van der Waals surface area contributed by atoms with E-state index >= 15 is 0 Å². The molecule has 6 heterocycles. The van der Waals surface area contributed by atoms with E-state index in [0.29, 0.717) is 59.5 Å². The van der Waals surface area contributed by atoms with Gasteiger partial charge in [0.2, 0.25) is 70.6 Å². The van der Waals surface area contributed by atoms with E-state index in [0.717, 1.165) is 134 Å². The van der Waals surface area contributed by atoms with E-state index in [2.05, 4.69) is 121 Å². The van der Waals surface area contributed by atoms with Crippen molar-refractivity contribution in [3.8, 4) is 104 Å². The molecule has 6 aliphatic rings. The molecule has 33 heteroatoms. The molecule has 0 N–H and O–H groups in total. The highest BCUT2D eigenvalue weighted by Gasteiger charge is 2.37. The molecule has 0 amide bonds. The molecule has 672 valence electrons. The zero-order valence-electron chi connectivity index (χ0n) is 70.7. The number of carbonyl (C=O) groups is 6. The van der Waals surface area contributed by atoms with E-state index in [-0.39, 0.29) is 202 Å². The minimum Gasteiger partial charge on any atom is -0.480 e. The zero-order valence-corrected chi connectivity index (χ0v) is 78.9. The standard InChI is InChI=1S/C32H26Cl2N2O6.C32H27ClN2O6.C32H28N2O6.6H2S/c1-39-29-17(15-37)13-25(33)31(35-29)41-27-11-9-21-19(5-3-7-23(21)27)20-6-4-8-24-22(20)10-12-28(24)42-32-26(34)14-18(16-38)30(36-32)40-2;1-38-30-18(16-36)9-14-29(34-30)40-27-12-10-22-20(5-3-7-24(22)27)21-6-4-8-25-23(21)11-13-28(25)41-32-26(33)15-19(17-37)31(35-32)39-2;1-37-31-19(17-35)9-15-29(33-31)39-27-13-11-23-21(5-3-7-25(23)27)22-6-4-8-26-24(22)12-14-28(26)40-30-16-10-20(18-36)32(34-30)38-2;;;;;;/h3-8,13-16,27-28H,9-12H2,1-2H3;3-9,14-17,27-28H,10-13H2,1-2H3;3-10,15-18,27-28H,11-14H2,1-2H3;6*1H2/t3*27-,28-;;;;;;/m000....../s1. The zero-order chi connectivity index (χ0) is 85.5. The molecule has 6 atom stereocenters. The van der Waals surface area contributed by atoms with Crippen molar-refractivity contribution in [3.05, 3.63) is 279 Å². The van der Waals surface area contributed by atoms with Crippen LogP contribution in [0.5, 0.6) is 70.6 Å². The predicted molar refractivity (Wildman–Crippen MR) is 520 cm³/mol. The maximum Gasteiger partial charge on any atom is 0.236 e. The molecule has 0 saturated carbocycles. The average molecular weight is 1920 g/mol. The SMILES string of the molecule is COc1nc(O[C@H]2CCc3c(-c4cccc5c4CC[C@@H]5Oc4ccc(C=O)c(OC)n4)cccc32)ccc1C=O.COc1nc(O[C@H]2CCc3c(-c4cccc5c4CC[C@@H]5Oc4nc(OC)c(C=O)cc4Cl)cccc32)c(Cl)cc1C=O.COc1nc(O[C@H]2CCc3c(-c4cccc5c4CC[C@@H]5Oc4nc(OC)c(C=O)cc4Cl)cccc32)ccc1C=O.S.S.S.S.S.S. The number of hydrogen-bond acceptors (Lipinski definition) is 24. The number of rotatable bonds is 27. The summed E-state index contributed by atoms with van der Waals surface area (Å²) < 4.78 is 69.1. The van der Waals surface area contributed by atoms with Crippen molar-refractivity contribution in [2.45, 2.75) is 114 Å². The average Bonchev–Trinajstić information content (AvgIpc) is 1.63. The van der Waals surface area contributed by atoms with Crippen LogP contribution in [0, 0.1) is 0 Å². The van der Waals surface area contributed by atoms with Crippen LogP contribution in [0.2, 0.25) is 15.1 Å². The molecular formula is C96H93Cl3N6O18S6. The fourth-order valence-corrected chi connectivity index (χ4v) is 18.1. The molecule has 6 aliphatic carbocycles. The predicted octanol–water partition coefficient (Wildman–Crippen LogP) is 20.4. The summed E-state index contributed by atoms with van der Waals surface area (Å²) in [5.74, 6) is 3.24. The molecule has 0 unspecified atom stereocenters. The van der Waals surface area contributed by atoms with Crippen LogP contribution in [0.3, 0.4) is 0 Å². The second-order valence-corrected chi connectivity index (χ2v) is 30.9. The van der Waals surface area contributed by atoms with Crippen LogP contribution in [-0.4, -0.2) is 110 Å². The maximum atomic E-state index is 11.3. The first kappa shape index (κ1) is 100.0. The molecule has 24 nitrogen and oxygen atoms in total. The van der Waals surface area contributed by atoms with Gasteiger partial charge in [0.05, 0.1) is 76.0 Å². The van der Waals surface area contributed by atoms with Crippen molar-refractivity contribution in [1.29, 1.82) is 0 Å². The lowest BCUT2D eigenvalue weighted by molar-refractivity contribution is 0.111. The summed E-state index contributed by atoms with van der Waals surface area (Å²) in [6.45, 7) is 0. The normalized spacial score (nSPS) is 16.2. The monoisotopic (exact) mass is 1910 g/mol. The second kappa shape index (κ2) is 44.9. The molecule has 18 rings (SSSR count). The van der Waals surface area contributed by atoms with Gasteiger partial charge in [-0.1, -0.05) is 144 Å². The number of benzene rings is 6. The van der Waals surface area contributed by atoms with Crippen molar-refractivity contribution in [2.75, 3.05) is 42.7 Å². The number of carbonyl (C=O) groups excluding carboxylic acids is 6. The van der Waals surface area contributed by atoms with Crippen molar-refractivity contribution in [2.24, 2.45) is 0 Å². The Bertz CT molecular complexity index is 5920. The molecule has 0 bridgehead atoms. The van der Waals surface area contributed by atoms with Crippen LogP contribution in [0.4, 0.5) is 0 Å². The Hall–Kier alpha value is -11.2. The van der Waals surface area contributed by atoms with Gasteiger partial charge < -0.3 is 56.8 Å². The van der Waals surface area contributed by atoms with Gasteiger partial charge in [0.1, 0.15) is 51.7 Å². The van der Waals surface area contributed by atoms with Crippen molar-refractivity contribution in [3.63, 3.8) is 0 Å². The van der Waals surface area contributed by atoms with Gasteiger partial charge in [-0.05, 0) is 214 Å².